The molecular formula is C14H31N3O2. The molecule has 0 aliphatic carbocycles. The first kappa shape index (κ1) is 18.2. The van der Waals surface area contributed by atoms with Crippen LogP contribution in [0.2, 0.25) is 0 Å². The van der Waals surface area contributed by atoms with E-state index in [0.717, 1.165) is 13.0 Å². The van der Waals surface area contributed by atoms with Crippen LogP contribution in [0.3, 0.4) is 0 Å². The third-order valence-corrected chi connectivity index (χ3v) is 2.69. The van der Waals surface area contributed by atoms with Gasteiger partial charge in [0.1, 0.15) is 5.60 Å². The lowest BCUT2D eigenvalue weighted by molar-refractivity contribution is 0.0522. The van der Waals surface area contributed by atoms with E-state index in [4.69, 9.17) is 10.5 Å². The molecule has 0 radical (unpaired) electrons. The summed E-state index contributed by atoms with van der Waals surface area (Å²) >= 11 is 0. The number of nitrogens with two attached hydrogens (primary N) is 1. The summed E-state index contributed by atoms with van der Waals surface area (Å²) in [4.78, 5) is 13.7. The van der Waals surface area contributed by atoms with Crippen molar-refractivity contribution >= 4 is 6.09 Å². The highest BCUT2D eigenvalue weighted by Gasteiger charge is 2.17. The van der Waals surface area contributed by atoms with Gasteiger partial charge in [-0.15, -0.1) is 0 Å². The van der Waals surface area contributed by atoms with Gasteiger partial charge in [0.05, 0.1) is 0 Å². The molecule has 0 saturated heterocycles. The zero-order valence-electron chi connectivity index (χ0n) is 13.3. The Hall–Kier alpha value is -0.810. The second-order valence-corrected chi connectivity index (χ2v) is 6.44. The lowest BCUT2D eigenvalue weighted by Gasteiger charge is -2.28. The molecule has 0 fully saturated rings. The molecule has 1 unspecified atom stereocenters. The van der Waals surface area contributed by atoms with Crippen LogP contribution in [-0.2, 0) is 4.74 Å². The van der Waals surface area contributed by atoms with E-state index < -0.39 is 5.60 Å². The van der Waals surface area contributed by atoms with Crippen molar-refractivity contribution in [3.63, 3.8) is 0 Å². The predicted molar refractivity (Wildman–Crippen MR) is 79.2 cm³/mol. The lowest BCUT2D eigenvalue weighted by atomic mass is 10.1. The van der Waals surface area contributed by atoms with E-state index >= 15 is 0 Å². The smallest absolute Gasteiger partial charge is 0.407 e. The van der Waals surface area contributed by atoms with Crippen LogP contribution in [0.25, 0.3) is 0 Å². The van der Waals surface area contributed by atoms with Gasteiger partial charge in [-0.25, -0.2) is 4.79 Å². The molecule has 5 nitrogen and oxygen atoms in total. The molecular weight excluding hydrogens is 242 g/mol. The van der Waals surface area contributed by atoms with Crippen molar-refractivity contribution in [2.75, 3.05) is 26.7 Å². The molecule has 1 atom stereocenters. The van der Waals surface area contributed by atoms with Crippen LogP contribution in [0.15, 0.2) is 0 Å². The maximum Gasteiger partial charge on any atom is 0.407 e. The molecule has 0 aromatic rings. The Balaban J connectivity index is 3.99. The molecule has 0 aliphatic rings. The summed E-state index contributed by atoms with van der Waals surface area (Å²) in [6.07, 6.45) is 0.466. The Bertz CT molecular complexity index is 262. The fourth-order valence-electron chi connectivity index (χ4n) is 1.90. The van der Waals surface area contributed by atoms with Crippen molar-refractivity contribution in [2.45, 2.75) is 52.7 Å². The van der Waals surface area contributed by atoms with Crippen LogP contribution in [0.1, 0.15) is 41.0 Å². The molecule has 0 aromatic carbocycles. The van der Waals surface area contributed by atoms with Gasteiger partial charge < -0.3 is 20.7 Å². The molecule has 5 heteroatoms. The summed E-state index contributed by atoms with van der Waals surface area (Å²) in [6.45, 7) is 12.1. The van der Waals surface area contributed by atoms with E-state index in [1.807, 2.05) is 20.8 Å². The summed E-state index contributed by atoms with van der Waals surface area (Å²) in [7, 11) is 2.07. The standard InChI is InChI=1S/C14H31N3O2/c1-11(2)10-17(6)12(9-15)7-8-16-13(18)19-14(3,4)5/h11-12H,7-10,15H2,1-6H3,(H,16,18). The molecule has 0 rings (SSSR count). The second-order valence-electron chi connectivity index (χ2n) is 6.44. The van der Waals surface area contributed by atoms with Gasteiger partial charge in [-0.3, -0.25) is 0 Å². The van der Waals surface area contributed by atoms with Gasteiger partial charge in [-0.1, -0.05) is 13.8 Å². The number of likely N-dealkylation sites (N-methyl/N-ethyl adjacent to an activating group) is 1. The highest BCUT2D eigenvalue weighted by Crippen LogP contribution is 2.07. The summed E-state index contributed by atoms with van der Waals surface area (Å²) < 4.78 is 5.18. The SMILES string of the molecule is CC(C)CN(C)C(CN)CCNC(=O)OC(C)(C)C. The average molecular weight is 273 g/mol. The largest absolute Gasteiger partial charge is 0.444 e. The van der Waals surface area contributed by atoms with Crippen LogP contribution in [0.4, 0.5) is 4.79 Å². The molecule has 0 heterocycles. The number of nitrogens with one attached hydrogen (secondary N) is 1. The molecule has 0 aliphatic heterocycles. The molecule has 1 amide bonds. The van der Waals surface area contributed by atoms with Crippen molar-refractivity contribution in [1.29, 1.82) is 0 Å². The zero-order valence-corrected chi connectivity index (χ0v) is 13.3. The number of alkyl carbamates (subject to hydrolysis) is 1. The molecule has 0 saturated carbocycles. The molecule has 19 heavy (non-hydrogen) atoms. The lowest BCUT2D eigenvalue weighted by Crippen LogP contribution is -2.42. The number of hydrogen-bond donors (Lipinski definition) is 2. The number of hydrogen-bond acceptors (Lipinski definition) is 4. The highest BCUT2D eigenvalue weighted by atomic mass is 16.6. The number of carbonyl (C=O) groups excluding carboxylic acids is 1. The Morgan fingerprint density at radius 2 is 1.95 bits per heavy atom. The fourth-order valence-corrected chi connectivity index (χ4v) is 1.90. The van der Waals surface area contributed by atoms with Crippen LogP contribution < -0.4 is 11.1 Å². The minimum absolute atomic E-state index is 0.289. The Labute approximate surface area is 117 Å². The van der Waals surface area contributed by atoms with Crippen LogP contribution in [-0.4, -0.2) is 49.3 Å². The minimum Gasteiger partial charge on any atom is -0.444 e. The average Bonchev–Trinajstić information content (AvgIpc) is 2.20. The number of nitrogens with zero attached hydrogens (tertiary/aromatic N) is 1. The van der Waals surface area contributed by atoms with Crippen LogP contribution in [0, 0.1) is 5.92 Å². The Kier molecular flexibility index (Phi) is 8.02. The summed E-state index contributed by atoms with van der Waals surface area (Å²) in [5, 5.41) is 2.77. The van der Waals surface area contributed by atoms with E-state index in [-0.39, 0.29) is 12.1 Å². The molecule has 114 valence electrons. The zero-order chi connectivity index (χ0) is 15.1. The predicted octanol–water partition coefficient (Wildman–Crippen LogP) is 1.82. The third-order valence-electron chi connectivity index (χ3n) is 2.69. The van der Waals surface area contributed by atoms with Gasteiger partial charge in [0.15, 0.2) is 0 Å². The highest BCUT2D eigenvalue weighted by molar-refractivity contribution is 5.67. The van der Waals surface area contributed by atoms with E-state index in [0.29, 0.717) is 19.0 Å². The van der Waals surface area contributed by atoms with Crippen molar-refractivity contribution in [1.82, 2.24) is 10.2 Å². The number of ether oxygens (including phenoxy) is 1. The minimum atomic E-state index is -0.453. The summed E-state index contributed by atoms with van der Waals surface area (Å²) in [5.74, 6) is 0.609. The Morgan fingerprint density at radius 3 is 2.37 bits per heavy atom. The quantitative estimate of drug-likeness (QED) is 0.742. The normalized spacial score (nSPS) is 13.7. The van der Waals surface area contributed by atoms with E-state index in [2.05, 4.69) is 31.1 Å². The van der Waals surface area contributed by atoms with Crippen molar-refractivity contribution in [2.24, 2.45) is 11.7 Å². The summed E-state index contributed by atoms with van der Waals surface area (Å²) in [6, 6.07) is 0.289. The van der Waals surface area contributed by atoms with Gasteiger partial charge in [-0.2, -0.15) is 0 Å². The second kappa shape index (κ2) is 8.38. The maximum absolute atomic E-state index is 11.5. The van der Waals surface area contributed by atoms with Crippen molar-refractivity contribution in [3.05, 3.63) is 0 Å². The molecule has 0 spiro atoms. The van der Waals surface area contributed by atoms with E-state index in [9.17, 15) is 4.79 Å². The van der Waals surface area contributed by atoms with Gasteiger partial charge in [-0.05, 0) is 40.2 Å². The van der Waals surface area contributed by atoms with Gasteiger partial charge in [0.25, 0.3) is 0 Å². The molecule has 0 bridgehead atoms. The van der Waals surface area contributed by atoms with Crippen LogP contribution in [0.5, 0.6) is 0 Å². The first-order valence-electron chi connectivity index (χ1n) is 7.03. The number of amides is 1. The first-order valence-corrected chi connectivity index (χ1v) is 7.03. The topological polar surface area (TPSA) is 67.6 Å². The van der Waals surface area contributed by atoms with Gasteiger partial charge in [0.2, 0.25) is 0 Å². The first-order chi connectivity index (χ1) is 8.65. The van der Waals surface area contributed by atoms with Gasteiger partial charge in [0, 0.05) is 25.7 Å². The van der Waals surface area contributed by atoms with Crippen LogP contribution >= 0.6 is 0 Å². The molecule has 3 N–H and O–H groups in total. The monoisotopic (exact) mass is 273 g/mol. The number of carbonyl (C=O) groups is 1. The van der Waals surface area contributed by atoms with Gasteiger partial charge >= 0.3 is 6.09 Å². The van der Waals surface area contributed by atoms with E-state index in [1.165, 1.54) is 0 Å². The number of rotatable bonds is 7. The van der Waals surface area contributed by atoms with Crippen molar-refractivity contribution in [3.8, 4) is 0 Å². The maximum atomic E-state index is 11.5. The molecule has 0 aromatic heterocycles. The third kappa shape index (κ3) is 9.73. The fraction of sp³-hybridized carbons (Fsp3) is 0.929. The van der Waals surface area contributed by atoms with Crippen molar-refractivity contribution < 1.29 is 9.53 Å². The van der Waals surface area contributed by atoms with E-state index in [1.54, 1.807) is 0 Å². The Morgan fingerprint density at radius 1 is 1.37 bits per heavy atom. The summed E-state index contributed by atoms with van der Waals surface area (Å²) in [5.41, 5.74) is 5.33.